The molecule has 1 fully saturated rings. The van der Waals surface area contributed by atoms with Crippen molar-refractivity contribution in [3.63, 3.8) is 0 Å². The van der Waals surface area contributed by atoms with Crippen molar-refractivity contribution in [3.8, 4) is 0 Å². The summed E-state index contributed by atoms with van der Waals surface area (Å²) in [6, 6.07) is 2.58. The van der Waals surface area contributed by atoms with Crippen LogP contribution in [0.2, 0.25) is 5.02 Å². The van der Waals surface area contributed by atoms with Gasteiger partial charge >= 0.3 is 6.18 Å². The molecular weight excluding hydrogens is 447 g/mol. The van der Waals surface area contributed by atoms with Crippen molar-refractivity contribution in [2.75, 3.05) is 32.8 Å². The van der Waals surface area contributed by atoms with Crippen LogP contribution in [0, 0.1) is 0 Å². The highest BCUT2D eigenvalue weighted by molar-refractivity contribution is 6.34. The molecule has 0 spiro atoms. The molecule has 12 heteroatoms. The molecule has 1 N–H and O–H groups in total. The monoisotopic (exact) mass is 464 g/mol. The Hall–Kier alpha value is -2.37. The van der Waals surface area contributed by atoms with Crippen LogP contribution in [0.25, 0.3) is 0 Å². The molecule has 2 aromatic rings. The topological polar surface area (TPSA) is 67.4 Å². The van der Waals surface area contributed by atoms with E-state index in [4.69, 9.17) is 16.3 Å². The van der Waals surface area contributed by atoms with Crippen molar-refractivity contribution in [1.82, 2.24) is 20.2 Å². The first kappa shape index (κ1) is 23.3. The number of carbonyl (C=O) groups excluding carboxylic acids is 1. The Morgan fingerprint density at radius 1 is 1.19 bits per heavy atom. The van der Waals surface area contributed by atoms with Gasteiger partial charge in [-0.25, -0.2) is 18.7 Å². The number of nitrogens with zero attached hydrogens (tertiary/aromatic N) is 3. The van der Waals surface area contributed by atoms with Crippen LogP contribution in [0.4, 0.5) is 22.0 Å². The summed E-state index contributed by atoms with van der Waals surface area (Å²) in [5.74, 6) is -1.41. The summed E-state index contributed by atoms with van der Waals surface area (Å²) < 4.78 is 70.0. The van der Waals surface area contributed by atoms with E-state index in [1.54, 1.807) is 0 Å². The van der Waals surface area contributed by atoms with E-state index < -0.39 is 41.0 Å². The Labute approximate surface area is 179 Å². The van der Waals surface area contributed by atoms with E-state index in [2.05, 4.69) is 15.3 Å². The zero-order valence-corrected chi connectivity index (χ0v) is 16.8. The average Bonchev–Trinajstić information content (AvgIpc) is 2.74. The molecule has 1 aromatic heterocycles. The molecule has 3 rings (SSSR count). The number of alkyl halides is 5. The zero-order valence-electron chi connectivity index (χ0n) is 16.0. The molecule has 0 saturated carbocycles. The number of nitrogens with one attached hydrogen (secondary N) is 1. The van der Waals surface area contributed by atoms with Crippen LogP contribution in [-0.2, 0) is 10.9 Å². The number of benzene rings is 1. The minimum absolute atomic E-state index is 0.0250. The number of hydrogen-bond acceptors (Lipinski definition) is 5. The van der Waals surface area contributed by atoms with E-state index in [1.807, 2.05) is 4.90 Å². The third-order valence-corrected chi connectivity index (χ3v) is 5.17. The van der Waals surface area contributed by atoms with Crippen molar-refractivity contribution in [1.29, 1.82) is 0 Å². The van der Waals surface area contributed by atoms with Gasteiger partial charge in [0.25, 0.3) is 12.3 Å². The Balaban J connectivity index is 1.80. The fourth-order valence-electron chi connectivity index (χ4n) is 3.19. The highest BCUT2D eigenvalue weighted by atomic mass is 35.5. The maximum Gasteiger partial charge on any atom is 0.417 e. The molecule has 168 valence electrons. The number of rotatable bonds is 6. The normalized spacial score (nSPS) is 16.4. The molecule has 1 atom stereocenters. The van der Waals surface area contributed by atoms with Crippen LogP contribution >= 0.6 is 11.6 Å². The second-order valence-corrected chi connectivity index (χ2v) is 7.09. The molecule has 1 aliphatic heterocycles. The fraction of sp³-hybridized carbons (Fsp3) is 0.421. The van der Waals surface area contributed by atoms with Crippen molar-refractivity contribution in [3.05, 3.63) is 58.1 Å². The molecule has 31 heavy (non-hydrogen) atoms. The van der Waals surface area contributed by atoms with E-state index >= 15 is 0 Å². The maximum atomic E-state index is 13.1. The van der Waals surface area contributed by atoms with Crippen LogP contribution in [0.1, 0.15) is 39.8 Å². The smallest absolute Gasteiger partial charge is 0.379 e. The van der Waals surface area contributed by atoms with E-state index in [9.17, 15) is 26.7 Å². The predicted molar refractivity (Wildman–Crippen MR) is 101 cm³/mol. The number of amides is 1. The summed E-state index contributed by atoms with van der Waals surface area (Å²) in [5.41, 5.74) is -0.953. The molecule has 1 aromatic carbocycles. The van der Waals surface area contributed by atoms with Gasteiger partial charge < -0.3 is 10.1 Å². The van der Waals surface area contributed by atoms with Gasteiger partial charge in [0.05, 0.1) is 35.4 Å². The van der Waals surface area contributed by atoms with Crippen molar-refractivity contribution >= 4 is 17.5 Å². The number of morpholine rings is 1. The van der Waals surface area contributed by atoms with Gasteiger partial charge in [-0.15, -0.1) is 0 Å². The van der Waals surface area contributed by atoms with Crippen molar-refractivity contribution in [2.45, 2.75) is 18.6 Å². The van der Waals surface area contributed by atoms with E-state index in [0.29, 0.717) is 31.9 Å². The van der Waals surface area contributed by atoms with Gasteiger partial charge in [-0.05, 0) is 12.1 Å². The fourth-order valence-corrected chi connectivity index (χ4v) is 3.51. The SMILES string of the molecule is O=C(NCC(c1cnc(C(F)F)nc1)N1CCOCC1)c1cccc(C(F)(F)F)c1Cl. The van der Waals surface area contributed by atoms with Crippen molar-refractivity contribution < 1.29 is 31.5 Å². The number of ether oxygens (including phenoxy) is 1. The van der Waals surface area contributed by atoms with Crippen LogP contribution < -0.4 is 5.32 Å². The lowest BCUT2D eigenvalue weighted by Crippen LogP contribution is -2.44. The standard InChI is InChI=1S/C19H18ClF5N4O2/c20-15-12(2-1-3-13(15)19(23,24)25)18(30)28-10-14(29-4-6-31-7-5-29)11-8-26-17(16(21)22)27-9-11/h1-3,8-9,14,16H,4-7,10H2,(H,28,30). The van der Waals surface area contributed by atoms with Crippen molar-refractivity contribution in [2.24, 2.45) is 0 Å². The van der Waals surface area contributed by atoms with Gasteiger partial charge in [0, 0.05) is 37.6 Å². The first-order valence-electron chi connectivity index (χ1n) is 9.24. The summed E-state index contributed by atoms with van der Waals surface area (Å²) in [6.07, 6.45) is -5.03. The summed E-state index contributed by atoms with van der Waals surface area (Å²) in [7, 11) is 0. The second kappa shape index (κ2) is 9.84. The molecule has 1 aliphatic rings. The Morgan fingerprint density at radius 3 is 2.42 bits per heavy atom. The Kier molecular flexibility index (Phi) is 7.39. The molecule has 1 unspecified atom stereocenters. The lowest BCUT2D eigenvalue weighted by Gasteiger charge is -2.34. The van der Waals surface area contributed by atoms with Crippen LogP contribution in [-0.4, -0.2) is 53.6 Å². The van der Waals surface area contributed by atoms with Gasteiger partial charge in [-0.2, -0.15) is 13.2 Å². The minimum atomic E-state index is -4.70. The van der Waals surface area contributed by atoms with Gasteiger partial charge in [0.15, 0.2) is 5.82 Å². The average molecular weight is 465 g/mol. The third kappa shape index (κ3) is 5.66. The van der Waals surface area contributed by atoms with Gasteiger partial charge in [0.1, 0.15) is 0 Å². The third-order valence-electron chi connectivity index (χ3n) is 4.76. The highest BCUT2D eigenvalue weighted by Crippen LogP contribution is 2.36. The molecular formula is C19H18ClF5N4O2. The molecule has 6 nitrogen and oxygen atoms in total. The highest BCUT2D eigenvalue weighted by Gasteiger charge is 2.35. The molecule has 2 heterocycles. The van der Waals surface area contributed by atoms with E-state index in [-0.39, 0.29) is 12.1 Å². The molecule has 1 saturated heterocycles. The van der Waals surface area contributed by atoms with Gasteiger partial charge in [-0.1, -0.05) is 17.7 Å². The van der Waals surface area contributed by atoms with E-state index in [1.165, 1.54) is 18.5 Å². The molecule has 0 aliphatic carbocycles. The van der Waals surface area contributed by atoms with Crippen LogP contribution in [0.15, 0.2) is 30.6 Å². The quantitative estimate of drug-likeness (QED) is 0.657. The number of aromatic nitrogens is 2. The number of halogens is 6. The van der Waals surface area contributed by atoms with Gasteiger partial charge in [-0.3, -0.25) is 9.69 Å². The second-order valence-electron chi connectivity index (χ2n) is 6.71. The lowest BCUT2D eigenvalue weighted by molar-refractivity contribution is -0.137. The predicted octanol–water partition coefficient (Wildman–Crippen LogP) is 3.89. The number of carbonyl (C=O) groups is 1. The summed E-state index contributed by atoms with van der Waals surface area (Å²) in [6.45, 7) is 1.84. The molecule has 1 amide bonds. The van der Waals surface area contributed by atoms with Crippen LogP contribution in [0.5, 0.6) is 0 Å². The summed E-state index contributed by atoms with van der Waals surface area (Å²) in [4.78, 5) is 21.8. The molecule has 0 radical (unpaired) electrons. The Morgan fingerprint density at radius 2 is 1.84 bits per heavy atom. The number of hydrogen-bond donors (Lipinski definition) is 1. The van der Waals surface area contributed by atoms with Gasteiger partial charge in [0.2, 0.25) is 0 Å². The lowest BCUT2D eigenvalue weighted by atomic mass is 10.1. The first-order chi connectivity index (χ1) is 14.7. The molecule has 0 bridgehead atoms. The van der Waals surface area contributed by atoms with E-state index in [0.717, 1.165) is 12.1 Å². The summed E-state index contributed by atoms with van der Waals surface area (Å²) in [5, 5.41) is 1.88. The largest absolute Gasteiger partial charge is 0.417 e. The first-order valence-corrected chi connectivity index (χ1v) is 9.62. The zero-order chi connectivity index (χ0) is 22.6. The minimum Gasteiger partial charge on any atom is -0.379 e. The maximum absolute atomic E-state index is 13.1. The summed E-state index contributed by atoms with van der Waals surface area (Å²) >= 11 is 5.82. The van der Waals surface area contributed by atoms with Crippen LogP contribution in [0.3, 0.4) is 0 Å². The Bertz CT molecular complexity index is 905.